The minimum absolute atomic E-state index is 0.884. The van der Waals surface area contributed by atoms with E-state index in [1.54, 1.807) is 0 Å². The quantitative estimate of drug-likeness (QED) is 0.372. The van der Waals surface area contributed by atoms with Gasteiger partial charge in [-0.2, -0.15) is 0 Å². The van der Waals surface area contributed by atoms with Gasteiger partial charge >= 0.3 is 0 Å². The van der Waals surface area contributed by atoms with Gasteiger partial charge in [-0.3, -0.25) is 0 Å². The average molecular weight is 71.1 g/mol. The van der Waals surface area contributed by atoms with Crippen molar-refractivity contribution in [2.45, 2.75) is 13.0 Å². The fourth-order valence-corrected chi connectivity index (χ4v) is 0.370. The second-order valence-corrected chi connectivity index (χ2v) is 1.79. The Labute approximate surface area is 32.6 Å². The standard InChI is InChI=1S/C4H9N/c1-4-3-5(4)2/h4H,3H2,1-2H3/t4-,5+/m0/s1. The molecule has 1 fully saturated rings. The number of nitrogens with zero attached hydrogens (tertiary/aromatic N) is 1. The molecule has 1 saturated heterocycles. The van der Waals surface area contributed by atoms with Crippen LogP contribution in [0.5, 0.6) is 0 Å². The first-order chi connectivity index (χ1) is 2.30. The lowest BCUT2D eigenvalue weighted by atomic mass is 10.6. The summed E-state index contributed by atoms with van der Waals surface area (Å²) < 4.78 is 0. The number of rotatable bonds is 0. The van der Waals surface area contributed by atoms with Crippen LogP contribution in [0.15, 0.2) is 0 Å². The molecule has 1 heterocycles. The van der Waals surface area contributed by atoms with Gasteiger partial charge in [-0.1, -0.05) is 0 Å². The molecule has 0 N–H and O–H groups in total. The molecule has 0 saturated carbocycles. The van der Waals surface area contributed by atoms with Crippen molar-refractivity contribution in [2.24, 2.45) is 0 Å². The largest absolute Gasteiger partial charge is 0.301 e. The molecule has 0 aromatic heterocycles. The van der Waals surface area contributed by atoms with Gasteiger partial charge in [-0.25, -0.2) is 0 Å². The average Bonchev–Trinajstić information content (AvgIpc) is 1.79. The summed E-state index contributed by atoms with van der Waals surface area (Å²) >= 11 is 0. The van der Waals surface area contributed by atoms with Crippen LogP contribution in [0.1, 0.15) is 6.92 Å². The summed E-state index contributed by atoms with van der Waals surface area (Å²) in [4.78, 5) is 2.29. The van der Waals surface area contributed by atoms with Crippen molar-refractivity contribution in [1.82, 2.24) is 4.90 Å². The Morgan fingerprint density at radius 1 is 1.80 bits per heavy atom. The molecule has 2 atom stereocenters. The van der Waals surface area contributed by atoms with E-state index in [-0.39, 0.29) is 0 Å². The Bertz CT molecular complexity index is 36.9. The molecule has 0 aromatic carbocycles. The van der Waals surface area contributed by atoms with Gasteiger partial charge in [-0.05, 0) is 14.0 Å². The van der Waals surface area contributed by atoms with Crippen LogP contribution in [-0.4, -0.2) is 24.5 Å². The van der Waals surface area contributed by atoms with E-state index in [9.17, 15) is 0 Å². The molecule has 0 aliphatic carbocycles. The topological polar surface area (TPSA) is 3.01 Å². The van der Waals surface area contributed by atoms with Crippen molar-refractivity contribution < 1.29 is 0 Å². The number of likely N-dealkylation sites (N-methyl/N-ethyl adjacent to an activating group) is 1. The SMILES string of the molecule is C[C@H]1C[N@@]1C. The lowest BCUT2D eigenvalue weighted by Crippen LogP contribution is -1.84. The van der Waals surface area contributed by atoms with Crippen molar-refractivity contribution in [2.75, 3.05) is 13.6 Å². The van der Waals surface area contributed by atoms with E-state index in [0.29, 0.717) is 0 Å². The molecule has 0 spiro atoms. The van der Waals surface area contributed by atoms with Gasteiger partial charge in [0.25, 0.3) is 0 Å². The summed E-state index contributed by atoms with van der Waals surface area (Å²) in [6, 6.07) is 0.884. The predicted octanol–water partition coefficient (Wildman–Crippen LogP) is 0.320. The molecular formula is C4H9N. The van der Waals surface area contributed by atoms with Crippen molar-refractivity contribution >= 4 is 0 Å². The number of hydrogen-bond acceptors (Lipinski definition) is 1. The lowest BCUT2D eigenvalue weighted by molar-refractivity contribution is 0.638. The van der Waals surface area contributed by atoms with Crippen LogP contribution in [0, 0.1) is 0 Å². The second-order valence-electron chi connectivity index (χ2n) is 1.79. The summed E-state index contributed by atoms with van der Waals surface area (Å²) in [6.45, 7) is 3.53. The van der Waals surface area contributed by atoms with Crippen LogP contribution in [0.25, 0.3) is 0 Å². The molecule has 0 bridgehead atoms. The van der Waals surface area contributed by atoms with E-state index in [1.807, 2.05) is 0 Å². The van der Waals surface area contributed by atoms with E-state index in [1.165, 1.54) is 6.54 Å². The highest BCUT2D eigenvalue weighted by molar-refractivity contribution is 4.79. The van der Waals surface area contributed by atoms with E-state index < -0.39 is 0 Å². The van der Waals surface area contributed by atoms with Crippen LogP contribution in [0.4, 0.5) is 0 Å². The van der Waals surface area contributed by atoms with Gasteiger partial charge in [0.05, 0.1) is 0 Å². The Morgan fingerprint density at radius 3 is 2.00 bits per heavy atom. The molecule has 5 heavy (non-hydrogen) atoms. The van der Waals surface area contributed by atoms with Gasteiger partial charge in [0.1, 0.15) is 0 Å². The third kappa shape index (κ3) is 0.428. The maximum absolute atomic E-state index is 2.29. The van der Waals surface area contributed by atoms with Crippen molar-refractivity contribution in [3.8, 4) is 0 Å². The summed E-state index contributed by atoms with van der Waals surface area (Å²) in [5, 5.41) is 0. The smallest absolute Gasteiger partial charge is 0.0192 e. The first-order valence-electron chi connectivity index (χ1n) is 2.01. The van der Waals surface area contributed by atoms with Crippen LogP contribution in [0.2, 0.25) is 0 Å². The third-order valence-corrected chi connectivity index (χ3v) is 1.17. The highest BCUT2D eigenvalue weighted by Crippen LogP contribution is 2.09. The zero-order chi connectivity index (χ0) is 3.86. The zero-order valence-electron chi connectivity index (χ0n) is 3.73. The molecule has 1 rings (SSSR count). The minimum atomic E-state index is 0.884. The first-order valence-corrected chi connectivity index (χ1v) is 2.01. The van der Waals surface area contributed by atoms with Crippen LogP contribution in [0.3, 0.4) is 0 Å². The summed E-state index contributed by atoms with van der Waals surface area (Å²) in [7, 11) is 2.13. The molecule has 1 aliphatic rings. The van der Waals surface area contributed by atoms with Gasteiger partial charge < -0.3 is 4.90 Å². The molecule has 0 radical (unpaired) electrons. The lowest BCUT2D eigenvalue weighted by Gasteiger charge is -1.75. The molecule has 0 unspecified atom stereocenters. The zero-order valence-corrected chi connectivity index (χ0v) is 3.73. The molecule has 0 aromatic rings. The van der Waals surface area contributed by atoms with E-state index in [2.05, 4.69) is 18.9 Å². The van der Waals surface area contributed by atoms with Crippen molar-refractivity contribution in [3.05, 3.63) is 0 Å². The van der Waals surface area contributed by atoms with Gasteiger partial charge in [-0.15, -0.1) is 0 Å². The molecule has 1 aliphatic heterocycles. The highest BCUT2D eigenvalue weighted by atomic mass is 15.3. The maximum atomic E-state index is 2.29. The first kappa shape index (κ1) is 3.16. The molecular weight excluding hydrogens is 62.1 g/mol. The normalized spacial score (nSPS) is 49.2. The number of hydrogen-bond donors (Lipinski definition) is 0. The maximum Gasteiger partial charge on any atom is 0.0192 e. The molecule has 1 nitrogen and oxygen atoms in total. The third-order valence-electron chi connectivity index (χ3n) is 1.17. The summed E-state index contributed by atoms with van der Waals surface area (Å²) in [5.41, 5.74) is 0. The fourth-order valence-electron chi connectivity index (χ4n) is 0.370. The van der Waals surface area contributed by atoms with Gasteiger partial charge in [0.2, 0.25) is 0 Å². The fraction of sp³-hybridized carbons (Fsp3) is 1.00. The molecule has 30 valence electrons. The van der Waals surface area contributed by atoms with E-state index in [4.69, 9.17) is 0 Å². The Morgan fingerprint density at radius 2 is 2.00 bits per heavy atom. The highest BCUT2D eigenvalue weighted by Gasteiger charge is 2.22. The van der Waals surface area contributed by atoms with Gasteiger partial charge in [0.15, 0.2) is 0 Å². The van der Waals surface area contributed by atoms with Gasteiger partial charge in [0, 0.05) is 12.6 Å². The Hall–Kier alpha value is -0.0400. The summed E-state index contributed by atoms with van der Waals surface area (Å²) in [6.07, 6.45) is 0. The second kappa shape index (κ2) is 0.716. The van der Waals surface area contributed by atoms with E-state index >= 15 is 0 Å². The van der Waals surface area contributed by atoms with Crippen LogP contribution < -0.4 is 0 Å². The van der Waals surface area contributed by atoms with Crippen molar-refractivity contribution in [3.63, 3.8) is 0 Å². The monoisotopic (exact) mass is 71.1 g/mol. The van der Waals surface area contributed by atoms with Crippen molar-refractivity contribution in [1.29, 1.82) is 0 Å². The minimum Gasteiger partial charge on any atom is -0.301 e. The van der Waals surface area contributed by atoms with Crippen LogP contribution >= 0.6 is 0 Å². The molecule has 1 heteroatoms. The van der Waals surface area contributed by atoms with Crippen LogP contribution in [-0.2, 0) is 0 Å². The van der Waals surface area contributed by atoms with E-state index in [0.717, 1.165) is 6.04 Å². The Kier molecular flexibility index (Phi) is 0.453. The predicted molar refractivity (Wildman–Crippen MR) is 22.1 cm³/mol. The molecule has 0 amide bonds. The Balaban J connectivity index is 2.20. The summed E-state index contributed by atoms with van der Waals surface area (Å²) in [5.74, 6) is 0.